The normalized spacial score (nSPS) is 19.4. The predicted octanol–water partition coefficient (Wildman–Crippen LogP) is 2.66. The molecule has 0 unspecified atom stereocenters. The number of aliphatic hydroxyl groups excluding tert-OH is 1. The number of methoxy groups -OCH3 is 1. The first-order valence-corrected chi connectivity index (χ1v) is 10.7. The lowest BCUT2D eigenvalue weighted by Crippen LogP contribution is -2.53. The molecule has 0 bridgehead atoms. The number of nitrogens with zero attached hydrogens (tertiary/aromatic N) is 4. The molecule has 1 aromatic heterocycles. The van der Waals surface area contributed by atoms with Gasteiger partial charge in [-0.1, -0.05) is 6.07 Å². The van der Waals surface area contributed by atoms with Crippen molar-refractivity contribution >= 4 is 5.82 Å². The van der Waals surface area contributed by atoms with Crippen molar-refractivity contribution in [2.75, 3.05) is 38.3 Å². The molecule has 1 aliphatic carbocycles. The molecule has 29 heavy (non-hydrogen) atoms. The van der Waals surface area contributed by atoms with Gasteiger partial charge in [-0.2, -0.15) is 0 Å². The average Bonchev–Trinajstić information content (AvgIpc) is 3.22. The molecule has 2 aliphatic rings. The topological polar surface area (TPSA) is 61.7 Å². The van der Waals surface area contributed by atoms with Gasteiger partial charge in [-0.3, -0.25) is 4.90 Å². The number of hydrogen-bond acceptors (Lipinski definition) is 6. The van der Waals surface area contributed by atoms with Crippen LogP contribution in [-0.2, 0) is 19.4 Å². The molecule has 1 saturated heterocycles. The summed E-state index contributed by atoms with van der Waals surface area (Å²) in [7, 11) is 1.72. The summed E-state index contributed by atoms with van der Waals surface area (Å²) in [6, 6.07) is 4.56. The minimum Gasteiger partial charge on any atom is -0.496 e. The molecule has 1 fully saturated rings. The number of benzene rings is 1. The fraction of sp³-hybridized carbons (Fsp3) is 0.565. The number of fused-ring (bicyclic) bond motifs is 1. The quantitative estimate of drug-likeness (QED) is 0.810. The van der Waals surface area contributed by atoms with Gasteiger partial charge >= 0.3 is 0 Å². The first kappa shape index (κ1) is 20.1. The van der Waals surface area contributed by atoms with Gasteiger partial charge < -0.3 is 14.7 Å². The van der Waals surface area contributed by atoms with Crippen LogP contribution in [0.4, 0.5) is 5.82 Å². The summed E-state index contributed by atoms with van der Waals surface area (Å²) in [6.07, 6.45) is 5.83. The third kappa shape index (κ3) is 3.96. The molecule has 156 valence electrons. The van der Waals surface area contributed by atoms with E-state index < -0.39 is 0 Å². The molecular formula is C23H32N4O2. The van der Waals surface area contributed by atoms with Gasteiger partial charge in [0.2, 0.25) is 0 Å². The van der Waals surface area contributed by atoms with Crippen LogP contribution in [0.5, 0.6) is 5.75 Å². The Morgan fingerprint density at radius 3 is 2.79 bits per heavy atom. The van der Waals surface area contributed by atoms with E-state index >= 15 is 0 Å². The Kier molecular flexibility index (Phi) is 6.01. The second-order valence-electron chi connectivity index (χ2n) is 8.24. The lowest BCUT2D eigenvalue weighted by Gasteiger charge is -2.42. The molecule has 2 aromatic rings. The fourth-order valence-electron chi connectivity index (χ4n) is 4.79. The predicted molar refractivity (Wildman–Crippen MR) is 115 cm³/mol. The lowest BCUT2D eigenvalue weighted by atomic mass is 10.00. The highest BCUT2D eigenvalue weighted by atomic mass is 16.5. The fourth-order valence-corrected chi connectivity index (χ4v) is 4.79. The molecule has 6 nitrogen and oxygen atoms in total. The van der Waals surface area contributed by atoms with Gasteiger partial charge in [0.15, 0.2) is 0 Å². The van der Waals surface area contributed by atoms with Gasteiger partial charge in [-0.25, -0.2) is 9.97 Å². The highest BCUT2D eigenvalue weighted by Crippen LogP contribution is 2.31. The first-order chi connectivity index (χ1) is 14.1. The lowest BCUT2D eigenvalue weighted by molar-refractivity contribution is 0.135. The van der Waals surface area contributed by atoms with Crippen LogP contribution in [0.1, 0.15) is 40.8 Å². The van der Waals surface area contributed by atoms with Crippen LogP contribution in [-0.4, -0.2) is 59.4 Å². The zero-order valence-corrected chi connectivity index (χ0v) is 17.8. The third-order valence-corrected chi connectivity index (χ3v) is 6.66. The number of aliphatic hydroxyl groups is 1. The van der Waals surface area contributed by atoms with Crippen LogP contribution in [0, 0.1) is 13.8 Å². The number of piperazine rings is 1. The van der Waals surface area contributed by atoms with Crippen LogP contribution in [0.15, 0.2) is 18.5 Å². The standard InChI is InChI=1S/C23H32N4O2/c1-16-17(2)22(29-3)8-7-18(16)13-26-10-11-27(14-19(26)9-12-28)23-20-5-4-6-21(20)24-15-25-23/h7-8,15,19,28H,4-6,9-14H2,1-3H3/t19-/m1/s1. The van der Waals surface area contributed by atoms with Crippen molar-refractivity contribution in [3.63, 3.8) is 0 Å². The Morgan fingerprint density at radius 1 is 1.14 bits per heavy atom. The van der Waals surface area contributed by atoms with Crippen LogP contribution in [0.2, 0.25) is 0 Å². The van der Waals surface area contributed by atoms with E-state index in [1.165, 1.54) is 34.4 Å². The van der Waals surface area contributed by atoms with Crippen LogP contribution >= 0.6 is 0 Å². The Labute approximate surface area is 173 Å². The van der Waals surface area contributed by atoms with E-state index in [-0.39, 0.29) is 6.61 Å². The minimum absolute atomic E-state index is 0.206. The monoisotopic (exact) mass is 396 g/mol. The summed E-state index contributed by atoms with van der Waals surface area (Å²) in [4.78, 5) is 14.0. The molecule has 0 radical (unpaired) electrons. The summed E-state index contributed by atoms with van der Waals surface area (Å²) in [5.74, 6) is 2.06. The smallest absolute Gasteiger partial charge is 0.135 e. The Morgan fingerprint density at radius 2 is 2.00 bits per heavy atom. The largest absolute Gasteiger partial charge is 0.496 e. The molecule has 0 saturated carbocycles. The molecule has 2 heterocycles. The zero-order valence-electron chi connectivity index (χ0n) is 17.8. The molecule has 4 rings (SSSR count). The van der Waals surface area contributed by atoms with Crippen molar-refractivity contribution in [2.45, 2.75) is 52.1 Å². The Bertz CT molecular complexity index is 870. The van der Waals surface area contributed by atoms with E-state index in [9.17, 15) is 5.11 Å². The van der Waals surface area contributed by atoms with E-state index in [1.807, 2.05) is 0 Å². The van der Waals surface area contributed by atoms with Gasteiger partial charge in [0.1, 0.15) is 17.9 Å². The number of rotatable bonds is 6. The Balaban J connectivity index is 1.52. The number of anilines is 1. The highest BCUT2D eigenvalue weighted by Gasteiger charge is 2.30. The van der Waals surface area contributed by atoms with Crippen molar-refractivity contribution in [1.82, 2.24) is 14.9 Å². The van der Waals surface area contributed by atoms with Gasteiger partial charge in [0.25, 0.3) is 0 Å². The van der Waals surface area contributed by atoms with Crippen molar-refractivity contribution in [1.29, 1.82) is 0 Å². The average molecular weight is 397 g/mol. The molecule has 0 amide bonds. The van der Waals surface area contributed by atoms with Crippen molar-refractivity contribution in [2.24, 2.45) is 0 Å². The van der Waals surface area contributed by atoms with Gasteiger partial charge in [0, 0.05) is 50.1 Å². The molecule has 1 aliphatic heterocycles. The minimum atomic E-state index is 0.206. The maximum atomic E-state index is 9.69. The maximum absolute atomic E-state index is 9.69. The zero-order chi connectivity index (χ0) is 20.4. The highest BCUT2D eigenvalue weighted by molar-refractivity contribution is 5.51. The molecule has 0 spiro atoms. The summed E-state index contributed by atoms with van der Waals surface area (Å²) in [5.41, 5.74) is 6.40. The van der Waals surface area contributed by atoms with Gasteiger partial charge in [-0.15, -0.1) is 0 Å². The summed E-state index contributed by atoms with van der Waals surface area (Å²) in [5, 5.41) is 9.69. The summed E-state index contributed by atoms with van der Waals surface area (Å²) >= 11 is 0. The van der Waals surface area contributed by atoms with E-state index in [2.05, 4.69) is 45.7 Å². The summed E-state index contributed by atoms with van der Waals surface area (Å²) in [6.45, 7) is 8.23. The van der Waals surface area contributed by atoms with E-state index in [1.54, 1.807) is 13.4 Å². The Hall–Kier alpha value is -2.18. The van der Waals surface area contributed by atoms with Crippen LogP contribution in [0.25, 0.3) is 0 Å². The van der Waals surface area contributed by atoms with Crippen LogP contribution < -0.4 is 9.64 Å². The molecule has 6 heteroatoms. The maximum Gasteiger partial charge on any atom is 0.135 e. The molecule has 1 aromatic carbocycles. The second-order valence-corrected chi connectivity index (χ2v) is 8.24. The van der Waals surface area contributed by atoms with E-state index in [0.29, 0.717) is 6.04 Å². The number of hydrogen-bond donors (Lipinski definition) is 1. The third-order valence-electron chi connectivity index (χ3n) is 6.66. The van der Waals surface area contributed by atoms with Crippen molar-refractivity contribution in [3.8, 4) is 5.75 Å². The van der Waals surface area contributed by atoms with Gasteiger partial charge in [-0.05, 0) is 62.3 Å². The van der Waals surface area contributed by atoms with Crippen LogP contribution in [0.3, 0.4) is 0 Å². The first-order valence-electron chi connectivity index (χ1n) is 10.7. The second kappa shape index (κ2) is 8.67. The van der Waals surface area contributed by atoms with Gasteiger partial charge in [0.05, 0.1) is 7.11 Å². The van der Waals surface area contributed by atoms with Crippen molar-refractivity contribution in [3.05, 3.63) is 46.4 Å². The molecule has 1 atom stereocenters. The number of aryl methyl sites for hydroxylation is 1. The molecular weight excluding hydrogens is 364 g/mol. The molecule has 1 N–H and O–H groups in total. The van der Waals surface area contributed by atoms with E-state index in [4.69, 9.17) is 4.74 Å². The summed E-state index contributed by atoms with van der Waals surface area (Å²) < 4.78 is 5.46. The number of aromatic nitrogens is 2. The van der Waals surface area contributed by atoms with E-state index in [0.717, 1.165) is 57.0 Å². The number of ether oxygens (including phenoxy) is 1. The SMILES string of the molecule is COc1ccc(CN2CCN(c3ncnc4c3CCC4)C[C@H]2CCO)c(C)c1C. The van der Waals surface area contributed by atoms with Crippen molar-refractivity contribution < 1.29 is 9.84 Å².